The predicted octanol–water partition coefficient (Wildman–Crippen LogP) is -0.230. The Hall–Kier alpha value is -0.640. The van der Waals surface area contributed by atoms with Gasteiger partial charge in [0.2, 0.25) is 10.0 Å². The highest BCUT2D eigenvalue weighted by atomic mass is 32.2. The van der Waals surface area contributed by atoms with E-state index in [1.807, 2.05) is 0 Å². The van der Waals surface area contributed by atoms with Crippen LogP contribution in [0.3, 0.4) is 0 Å². The Morgan fingerprint density at radius 1 is 1.57 bits per heavy atom. The van der Waals surface area contributed by atoms with Crippen LogP contribution in [0.25, 0.3) is 0 Å². The average molecular weight is 219 g/mol. The van der Waals surface area contributed by atoms with Crippen LogP contribution in [0.15, 0.2) is 0 Å². The van der Waals surface area contributed by atoms with Gasteiger partial charge in [0.05, 0.1) is 6.07 Å². The van der Waals surface area contributed by atoms with E-state index in [1.165, 1.54) is 11.4 Å². The molecule has 0 aromatic rings. The maximum atomic E-state index is 11.7. The minimum Gasteiger partial charge on any atom is -0.318 e. The zero-order valence-electron chi connectivity index (χ0n) is 8.82. The molecule has 6 heteroatoms. The van der Waals surface area contributed by atoms with E-state index < -0.39 is 15.3 Å². The molecular weight excluding hydrogens is 202 g/mol. The second kappa shape index (κ2) is 5.96. The summed E-state index contributed by atoms with van der Waals surface area (Å²) < 4.78 is 24.6. The third-order valence-electron chi connectivity index (χ3n) is 1.99. The van der Waals surface area contributed by atoms with Crippen molar-refractivity contribution in [3.05, 3.63) is 0 Å². The lowest BCUT2D eigenvalue weighted by Gasteiger charge is -2.19. The van der Waals surface area contributed by atoms with Gasteiger partial charge in [0, 0.05) is 20.1 Å². The van der Waals surface area contributed by atoms with Gasteiger partial charge >= 0.3 is 0 Å². The molecule has 5 nitrogen and oxygen atoms in total. The van der Waals surface area contributed by atoms with E-state index >= 15 is 0 Å². The van der Waals surface area contributed by atoms with Gasteiger partial charge in [0.1, 0.15) is 0 Å². The Bertz CT molecular complexity index is 294. The Balaban J connectivity index is 4.53. The molecule has 1 unspecified atom stereocenters. The first-order chi connectivity index (χ1) is 6.50. The Morgan fingerprint density at radius 3 is 2.50 bits per heavy atom. The summed E-state index contributed by atoms with van der Waals surface area (Å²) in [5.41, 5.74) is 0. The van der Waals surface area contributed by atoms with Crippen LogP contribution in [0.5, 0.6) is 0 Å². The molecule has 0 aliphatic rings. The van der Waals surface area contributed by atoms with E-state index in [0.717, 1.165) is 0 Å². The number of nitrogens with one attached hydrogen (secondary N) is 1. The number of hydrogen-bond donors (Lipinski definition) is 1. The van der Waals surface area contributed by atoms with Crippen LogP contribution in [0.1, 0.15) is 13.3 Å². The minimum absolute atomic E-state index is 0.322. The number of likely N-dealkylation sites (N-methyl/N-ethyl adjacent to an activating group) is 2. The molecule has 0 heterocycles. The van der Waals surface area contributed by atoms with Crippen LogP contribution in [0.2, 0.25) is 0 Å². The number of nitrogens with zero attached hydrogens (tertiary/aromatic N) is 2. The first kappa shape index (κ1) is 13.4. The van der Waals surface area contributed by atoms with Crippen molar-refractivity contribution in [2.45, 2.75) is 18.6 Å². The van der Waals surface area contributed by atoms with Gasteiger partial charge < -0.3 is 5.32 Å². The summed E-state index contributed by atoms with van der Waals surface area (Å²) in [6.45, 7) is 2.66. The molecule has 14 heavy (non-hydrogen) atoms. The Kier molecular flexibility index (Phi) is 5.69. The van der Waals surface area contributed by atoms with Crippen LogP contribution in [0.4, 0.5) is 0 Å². The smallest absolute Gasteiger partial charge is 0.230 e. The standard InChI is InChI=1S/C8H17N3O2S/c1-4-8(7-9)14(12,13)11(3)6-5-10-2/h8,10H,4-6H2,1-3H3. The molecule has 0 rings (SSSR count). The SMILES string of the molecule is CCC(C#N)S(=O)(=O)N(C)CCNC. The molecule has 0 saturated carbocycles. The topological polar surface area (TPSA) is 73.2 Å². The van der Waals surface area contributed by atoms with Crippen molar-refractivity contribution in [3.63, 3.8) is 0 Å². The first-order valence-corrected chi connectivity index (χ1v) is 6.00. The third-order valence-corrected chi connectivity index (χ3v) is 4.19. The zero-order chi connectivity index (χ0) is 11.2. The maximum Gasteiger partial charge on any atom is 0.230 e. The highest BCUT2D eigenvalue weighted by Gasteiger charge is 2.27. The molecule has 1 atom stereocenters. The molecule has 0 aromatic carbocycles. The van der Waals surface area contributed by atoms with Crippen molar-refractivity contribution < 1.29 is 8.42 Å². The second-order valence-electron chi connectivity index (χ2n) is 3.00. The second-order valence-corrected chi connectivity index (χ2v) is 5.22. The molecule has 0 aliphatic heterocycles. The normalized spacial score (nSPS) is 13.9. The quantitative estimate of drug-likeness (QED) is 0.669. The van der Waals surface area contributed by atoms with Gasteiger partial charge in [-0.15, -0.1) is 0 Å². The Morgan fingerprint density at radius 2 is 2.14 bits per heavy atom. The fraction of sp³-hybridized carbons (Fsp3) is 0.875. The van der Waals surface area contributed by atoms with Gasteiger partial charge in [-0.1, -0.05) is 6.92 Å². The average Bonchev–Trinajstić information content (AvgIpc) is 2.15. The van der Waals surface area contributed by atoms with Crippen molar-refractivity contribution >= 4 is 10.0 Å². The van der Waals surface area contributed by atoms with Crippen molar-refractivity contribution in [2.75, 3.05) is 27.2 Å². The molecule has 0 saturated heterocycles. The third kappa shape index (κ3) is 3.25. The minimum atomic E-state index is -3.44. The van der Waals surface area contributed by atoms with Gasteiger partial charge in [0.25, 0.3) is 0 Å². The number of sulfonamides is 1. The van der Waals surface area contributed by atoms with Crippen LogP contribution < -0.4 is 5.32 Å². The summed E-state index contributed by atoms with van der Waals surface area (Å²) in [5.74, 6) is 0. The molecule has 0 aromatic heterocycles. The zero-order valence-corrected chi connectivity index (χ0v) is 9.63. The van der Waals surface area contributed by atoms with E-state index in [9.17, 15) is 8.42 Å². The van der Waals surface area contributed by atoms with E-state index in [2.05, 4.69) is 5.32 Å². The largest absolute Gasteiger partial charge is 0.318 e. The molecule has 0 amide bonds. The van der Waals surface area contributed by atoms with Crippen molar-refractivity contribution in [3.8, 4) is 6.07 Å². The molecule has 0 bridgehead atoms. The highest BCUT2D eigenvalue weighted by Crippen LogP contribution is 2.09. The van der Waals surface area contributed by atoms with Gasteiger partial charge in [-0.2, -0.15) is 5.26 Å². The summed E-state index contributed by atoms with van der Waals surface area (Å²) >= 11 is 0. The van der Waals surface area contributed by atoms with Crippen molar-refractivity contribution in [1.29, 1.82) is 5.26 Å². The van der Waals surface area contributed by atoms with E-state index in [0.29, 0.717) is 19.5 Å². The Labute approximate surface area is 85.8 Å². The molecule has 0 spiro atoms. The maximum absolute atomic E-state index is 11.7. The van der Waals surface area contributed by atoms with Crippen LogP contribution >= 0.6 is 0 Å². The number of rotatable bonds is 6. The number of hydrogen-bond acceptors (Lipinski definition) is 4. The molecule has 0 fully saturated rings. The van der Waals surface area contributed by atoms with Gasteiger partial charge in [-0.25, -0.2) is 12.7 Å². The molecular formula is C8H17N3O2S. The van der Waals surface area contributed by atoms with E-state index in [1.54, 1.807) is 20.0 Å². The first-order valence-electron chi connectivity index (χ1n) is 4.50. The summed E-state index contributed by atoms with van der Waals surface area (Å²) in [5, 5.41) is 10.6. The summed E-state index contributed by atoms with van der Waals surface area (Å²) in [7, 11) is -0.196. The summed E-state index contributed by atoms with van der Waals surface area (Å²) in [6, 6.07) is 1.80. The van der Waals surface area contributed by atoms with Crippen LogP contribution in [-0.2, 0) is 10.0 Å². The van der Waals surface area contributed by atoms with Crippen molar-refractivity contribution in [2.24, 2.45) is 0 Å². The van der Waals surface area contributed by atoms with Crippen LogP contribution in [-0.4, -0.2) is 45.2 Å². The lowest BCUT2D eigenvalue weighted by atomic mass is 10.4. The van der Waals surface area contributed by atoms with Crippen molar-refractivity contribution in [1.82, 2.24) is 9.62 Å². The van der Waals surface area contributed by atoms with E-state index in [4.69, 9.17) is 5.26 Å². The highest BCUT2D eigenvalue weighted by molar-refractivity contribution is 7.89. The molecule has 0 aliphatic carbocycles. The number of nitriles is 1. The monoisotopic (exact) mass is 219 g/mol. The lowest BCUT2D eigenvalue weighted by molar-refractivity contribution is 0.460. The molecule has 0 radical (unpaired) electrons. The fourth-order valence-electron chi connectivity index (χ4n) is 0.982. The summed E-state index contributed by atoms with van der Waals surface area (Å²) in [4.78, 5) is 0. The molecule has 82 valence electrons. The predicted molar refractivity (Wildman–Crippen MR) is 55.2 cm³/mol. The lowest BCUT2D eigenvalue weighted by Crippen LogP contribution is -2.38. The van der Waals surface area contributed by atoms with Gasteiger partial charge in [-0.05, 0) is 13.5 Å². The van der Waals surface area contributed by atoms with E-state index in [-0.39, 0.29) is 0 Å². The van der Waals surface area contributed by atoms with Gasteiger partial charge in [-0.3, -0.25) is 0 Å². The van der Waals surface area contributed by atoms with Gasteiger partial charge in [0.15, 0.2) is 5.25 Å². The summed E-state index contributed by atoms with van der Waals surface area (Å²) in [6.07, 6.45) is 0.322. The van der Waals surface area contributed by atoms with Crippen LogP contribution in [0, 0.1) is 11.3 Å². The molecule has 1 N–H and O–H groups in total. The fourth-order valence-corrected chi connectivity index (χ4v) is 2.32.